The fourth-order valence-electron chi connectivity index (χ4n) is 2.23. The molecule has 0 radical (unpaired) electrons. The van der Waals surface area contributed by atoms with Crippen LogP contribution in [0.25, 0.3) is 0 Å². The Kier molecular flexibility index (Phi) is 5.33. The van der Waals surface area contributed by atoms with Crippen LogP contribution in [0.3, 0.4) is 0 Å². The Bertz CT molecular complexity index is 797. The number of carbonyl (C=O) groups is 2. The number of fused-ring (bicyclic) bond motifs is 1. The molecular formula is C17H13Cl2NO3S. The lowest BCUT2D eigenvalue weighted by Gasteiger charge is -2.23. The number of rotatable bonds is 4. The van der Waals surface area contributed by atoms with E-state index in [-0.39, 0.29) is 18.9 Å². The maximum absolute atomic E-state index is 12.1. The number of hydrogen-bond donors (Lipinski definition) is 1. The maximum Gasteiger partial charge on any atom is 0.307 e. The van der Waals surface area contributed by atoms with Crippen LogP contribution < -0.4 is 5.32 Å². The molecule has 0 unspecified atom stereocenters. The molecule has 7 heteroatoms. The van der Waals surface area contributed by atoms with Crippen LogP contribution >= 0.6 is 35.0 Å². The molecule has 1 amide bonds. The van der Waals surface area contributed by atoms with Crippen molar-refractivity contribution in [3.63, 3.8) is 0 Å². The zero-order valence-electron chi connectivity index (χ0n) is 12.4. The lowest BCUT2D eigenvalue weighted by Crippen LogP contribution is -2.31. The summed E-state index contributed by atoms with van der Waals surface area (Å²) in [4.78, 5) is 25.0. The van der Waals surface area contributed by atoms with Gasteiger partial charge in [0.2, 0.25) is 5.91 Å². The summed E-state index contributed by atoms with van der Waals surface area (Å²) in [6.45, 7) is 0.0886. The molecule has 1 aliphatic heterocycles. The van der Waals surface area contributed by atoms with Crippen LogP contribution in [0, 0.1) is 0 Å². The van der Waals surface area contributed by atoms with Crippen LogP contribution in [0.5, 0.6) is 0 Å². The number of ether oxygens (including phenoxy) is 1. The predicted molar refractivity (Wildman–Crippen MR) is 95.6 cm³/mol. The van der Waals surface area contributed by atoms with Gasteiger partial charge in [0.25, 0.3) is 0 Å². The Morgan fingerprint density at radius 3 is 2.75 bits per heavy atom. The number of amides is 1. The summed E-state index contributed by atoms with van der Waals surface area (Å²) in [5, 5.41) is 3.16. The highest BCUT2D eigenvalue weighted by molar-refractivity contribution is 8.01. The van der Waals surface area contributed by atoms with Crippen molar-refractivity contribution in [2.45, 2.75) is 23.2 Å². The Morgan fingerprint density at radius 2 is 1.96 bits per heavy atom. The number of para-hydroxylation sites is 1. The fraction of sp³-hybridized carbons (Fsp3) is 0.176. The van der Waals surface area contributed by atoms with Gasteiger partial charge < -0.3 is 10.1 Å². The van der Waals surface area contributed by atoms with E-state index in [0.717, 1.165) is 16.1 Å². The van der Waals surface area contributed by atoms with E-state index >= 15 is 0 Å². The van der Waals surface area contributed by atoms with Crippen molar-refractivity contribution in [3.05, 3.63) is 58.1 Å². The SMILES string of the molecule is O=C(C[C@@H]1Sc2ccccc2NC1=O)OCc1ccc(Cl)c(Cl)c1. The first kappa shape index (κ1) is 17.1. The largest absolute Gasteiger partial charge is 0.461 e. The molecule has 0 bridgehead atoms. The number of esters is 1. The van der Waals surface area contributed by atoms with E-state index in [0.29, 0.717) is 10.0 Å². The summed E-state index contributed by atoms with van der Waals surface area (Å²) in [6.07, 6.45) is 0.00611. The molecule has 4 nitrogen and oxygen atoms in total. The van der Waals surface area contributed by atoms with Gasteiger partial charge in [0.05, 0.1) is 27.4 Å². The summed E-state index contributed by atoms with van der Waals surface area (Å²) < 4.78 is 5.23. The molecule has 0 spiro atoms. The summed E-state index contributed by atoms with van der Waals surface area (Å²) >= 11 is 13.1. The van der Waals surface area contributed by atoms with Gasteiger partial charge in [0.15, 0.2) is 0 Å². The minimum absolute atomic E-state index is 0.00611. The first-order valence-electron chi connectivity index (χ1n) is 7.19. The standard InChI is InChI=1S/C17H13Cl2NO3S/c18-11-6-5-10(7-12(11)19)9-23-16(21)8-15-17(22)20-13-3-1-2-4-14(13)24-15/h1-7,15H,8-9H2,(H,20,22)/t15-/m0/s1. The Hall–Kier alpha value is -1.69. The zero-order chi connectivity index (χ0) is 17.1. The number of thioether (sulfide) groups is 1. The molecule has 1 heterocycles. The molecule has 24 heavy (non-hydrogen) atoms. The fourth-order valence-corrected chi connectivity index (χ4v) is 3.65. The molecule has 3 rings (SSSR count). The second-order valence-corrected chi connectivity index (χ2v) is 7.26. The third-order valence-corrected chi connectivity index (χ3v) is 5.46. The molecule has 1 aliphatic rings. The first-order valence-corrected chi connectivity index (χ1v) is 8.82. The molecule has 1 N–H and O–H groups in total. The normalized spacial score (nSPS) is 16.2. The van der Waals surface area contributed by atoms with Crippen LogP contribution in [0.1, 0.15) is 12.0 Å². The van der Waals surface area contributed by atoms with Gasteiger partial charge in [0, 0.05) is 4.90 Å². The molecule has 0 aromatic heterocycles. The van der Waals surface area contributed by atoms with Crippen molar-refractivity contribution in [1.29, 1.82) is 0 Å². The highest BCUT2D eigenvalue weighted by atomic mass is 35.5. The average molecular weight is 382 g/mol. The minimum Gasteiger partial charge on any atom is -0.461 e. The van der Waals surface area contributed by atoms with Gasteiger partial charge in [-0.25, -0.2) is 0 Å². The maximum atomic E-state index is 12.1. The summed E-state index contributed by atoms with van der Waals surface area (Å²) in [6, 6.07) is 12.5. The summed E-state index contributed by atoms with van der Waals surface area (Å²) in [7, 11) is 0. The molecule has 0 saturated carbocycles. The van der Waals surface area contributed by atoms with Gasteiger partial charge in [-0.15, -0.1) is 11.8 Å². The smallest absolute Gasteiger partial charge is 0.307 e. The Labute approximate surface area is 153 Å². The summed E-state index contributed by atoms with van der Waals surface area (Å²) in [5.74, 6) is -0.627. The minimum atomic E-state index is -0.499. The third-order valence-electron chi connectivity index (χ3n) is 3.44. The monoisotopic (exact) mass is 381 g/mol. The highest BCUT2D eigenvalue weighted by Gasteiger charge is 2.29. The van der Waals surface area contributed by atoms with Crippen LogP contribution in [0.2, 0.25) is 10.0 Å². The van der Waals surface area contributed by atoms with Crippen LogP contribution in [-0.4, -0.2) is 17.1 Å². The van der Waals surface area contributed by atoms with E-state index in [1.807, 2.05) is 24.3 Å². The van der Waals surface area contributed by atoms with Crippen molar-refractivity contribution in [3.8, 4) is 0 Å². The van der Waals surface area contributed by atoms with Gasteiger partial charge >= 0.3 is 5.97 Å². The number of hydrogen-bond acceptors (Lipinski definition) is 4. The molecule has 2 aromatic rings. The van der Waals surface area contributed by atoms with Gasteiger partial charge in [-0.3, -0.25) is 9.59 Å². The summed E-state index contributed by atoms with van der Waals surface area (Å²) in [5.41, 5.74) is 1.51. The topological polar surface area (TPSA) is 55.4 Å². The van der Waals surface area contributed by atoms with E-state index in [1.165, 1.54) is 11.8 Å². The lowest BCUT2D eigenvalue weighted by atomic mass is 10.2. The van der Waals surface area contributed by atoms with Crippen molar-refractivity contribution < 1.29 is 14.3 Å². The predicted octanol–water partition coefficient (Wildman–Crippen LogP) is 4.54. The van der Waals surface area contributed by atoms with Gasteiger partial charge in [-0.05, 0) is 29.8 Å². The average Bonchev–Trinajstić information content (AvgIpc) is 2.56. The molecule has 0 aliphatic carbocycles. The number of nitrogens with one attached hydrogen (secondary N) is 1. The number of anilines is 1. The van der Waals surface area contributed by atoms with Crippen LogP contribution in [0.4, 0.5) is 5.69 Å². The molecule has 1 atom stereocenters. The second-order valence-electron chi connectivity index (χ2n) is 5.21. The first-order chi connectivity index (χ1) is 11.5. The van der Waals surface area contributed by atoms with Crippen LogP contribution in [0.15, 0.2) is 47.4 Å². The zero-order valence-corrected chi connectivity index (χ0v) is 14.8. The highest BCUT2D eigenvalue weighted by Crippen LogP contribution is 2.36. The molecular weight excluding hydrogens is 369 g/mol. The molecule has 0 saturated heterocycles. The van der Waals surface area contributed by atoms with Crippen molar-refractivity contribution in [1.82, 2.24) is 0 Å². The van der Waals surface area contributed by atoms with Crippen molar-refractivity contribution in [2.24, 2.45) is 0 Å². The third kappa shape index (κ3) is 4.04. The van der Waals surface area contributed by atoms with Gasteiger partial charge in [-0.1, -0.05) is 41.4 Å². The van der Waals surface area contributed by atoms with Crippen LogP contribution in [-0.2, 0) is 20.9 Å². The van der Waals surface area contributed by atoms with Gasteiger partial charge in [0.1, 0.15) is 6.61 Å². The van der Waals surface area contributed by atoms with E-state index in [2.05, 4.69) is 5.32 Å². The number of benzene rings is 2. The molecule has 0 fully saturated rings. The molecule has 124 valence electrons. The van der Waals surface area contributed by atoms with Gasteiger partial charge in [-0.2, -0.15) is 0 Å². The lowest BCUT2D eigenvalue weighted by molar-refractivity contribution is -0.145. The van der Waals surface area contributed by atoms with E-state index in [9.17, 15) is 9.59 Å². The molecule has 2 aromatic carbocycles. The van der Waals surface area contributed by atoms with E-state index < -0.39 is 11.2 Å². The second kappa shape index (κ2) is 7.47. The van der Waals surface area contributed by atoms with Crippen molar-refractivity contribution >= 4 is 52.5 Å². The Balaban J connectivity index is 1.57. The van der Waals surface area contributed by atoms with Crippen molar-refractivity contribution in [2.75, 3.05) is 5.32 Å². The number of carbonyl (C=O) groups excluding carboxylic acids is 2. The quantitative estimate of drug-likeness (QED) is 0.789. The van der Waals surface area contributed by atoms with E-state index in [4.69, 9.17) is 27.9 Å². The number of halogens is 2. The van der Waals surface area contributed by atoms with E-state index in [1.54, 1.807) is 18.2 Å². The Morgan fingerprint density at radius 1 is 1.17 bits per heavy atom.